The maximum atomic E-state index is 12.0. The van der Waals surface area contributed by atoms with Gasteiger partial charge in [0, 0.05) is 11.3 Å². The van der Waals surface area contributed by atoms with E-state index in [0.717, 1.165) is 6.42 Å². The fourth-order valence-electron chi connectivity index (χ4n) is 1.72. The van der Waals surface area contributed by atoms with Crippen LogP contribution < -0.4 is 11.1 Å². The summed E-state index contributed by atoms with van der Waals surface area (Å²) in [6.45, 7) is 5.18. The number of benzene rings is 1. The lowest BCUT2D eigenvalue weighted by atomic mass is 9.96. The molecule has 0 saturated carbocycles. The Bertz CT molecular complexity index is 459. The van der Waals surface area contributed by atoms with Crippen molar-refractivity contribution in [2.45, 2.75) is 39.2 Å². The molecule has 0 saturated heterocycles. The molecule has 1 atom stereocenters. The lowest BCUT2D eigenvalue weighted by Crippen LogP contribution is -2.48. The van der Waals surface area contributed by atoms with E-state index in [1.807, 2.05) is 6.92 Å². The molecule has 19 heavy (non-hydrogen) atoms. The van der Waals surface area contributed by atoms with Crippen molar-refractivity contribution < 1.29 is 9.59 Å². The van der Waals surface area contributed by atoms with Gasteiger partial charge >= 0.3 is 0 Å². The number of carbonyl (C=O) groups excluding carboxylic acids is 2. The van der Waals surface area contributed by atoms with E-state index in [1.54, 1.807) is 31.2 Å². The van der Waals surface area contributed by atoms with Gasteiger partial charge in [0.1, 0.15) is 0 Å². The average molecular weight is 285 g/mol. The first kappa shape index (κ1) is 17.6. The minimum absolute atomic E-state index is 0. The van der Waals surface area contributed by atoms with Gasteiger partial charge in [0.2, 0.25) is 5.91 Å². The Hall–Kier alpha value is -1.39. The molecular formula is C14H21ClN2O2. The molecule has 1 unspecified atom stereocenters. The fraction of sp³-hybridized carbons (Fsp3) is 0.429. The number of amides is 1. The van der Waals surface area contributed by atoms with Gasteiger partial charge in [-0.3, -0.25) is 9.59 Å². The quantitative estimate of drug-likeness (QED) is 0.817. The number of hydrogen-bond acceptors (Lipinski definition) is 3. The molecule has 0 spiro atoms. The Balaban J connectivity index is 0.00000324. The first-order valence-electron chi connectivity index (χ1n) is 6.08. The zero-order valence-electron chi connectivity index (χ0n) is 11.5. The summed E-state index contributed by atoms with van der Waals surface area (Å²) >= 11 is 0. The molecule has 1 rings (SSSR count). The average Bonchev–Trinajstić information content (AvgIpc) is 2.29. The van der Waals surface area contributed by atoms with Crippen molar-refractivity contribution >= 4 is 29.8 Å². The Morgan fingerprint density at radius 1 is 1.37 bits per heavy atom. The van der Waals surface area contributed by atoms with Crippen LogP contribution in [0.5, 0.6) is 0 Å². The molecular weight excluding hydrogens is 264 g/mol. The van der Waals surface area contributed by atoms with Crippen molar-refractivity contribution in [3.05, 3.63) is 29.8 Å². The van der Waals surface area contributed by atoms with E-state index in [1.165, 1.54) is 6.92 Å². The summed E-state index contributed by atoms with van der Waals surface area (Å²) in [6, 6.07) is 6.85. The highest BCUT2D eigenvalue weighted by molar-refractivity contribution is 5.99. The zero-order chi connectivity index (χ0) is 13.8. The summed E-state index contributed by atoms with van der Waals surface area (Å²) < 4.78 is 0. The predicted octanol–water partition coefficient (Wildman–Crippen LogP) is 2.77. The van der Waals surface area contributed by atoms with Crippen molar-refractivity contribution in [2.24, 2.45) is 5.73 Å². The van der Waals surface area contributed by atoms with Crippen molar-refractivity contribution in [2.75, 3.05) is 5.32 Å². The number of ketones is 1. The second-order valence-electron chi connectivity index (χ2n) is 4.76. The predicted molar refractivity (Wildman–Crippen MR) is 79.8 cm³/mol. The molecule has 0 aliphatic heterocycles. The lowest BCUT2D eigenvalue weighted by Gasteiger charge is -2.22. The smallest absolute Gasteiger partial charge is 0.244 e. The second-order valence-corrected chi connectivity index (χ2v) is 4.76. The number of hydrogen-bond donors (Lipinski definition) is 2. The summed E-state index contributed by atoms with van der Waals surface area (Å²) in [5.74, 6) is -0.264. The van der Waals surface area contributed by atoms with E-state index >= 15 is 0 Å². The molecule has 0 aliphatic rings. The third kappa shape index (κ3) is 5.01. The molecule has 106 valence electrons. The minimum atomic E-state index is -0.888. The van der Waals surface area contributed by atoms with Crippen LogP contribution in [0.15, 0.2) is 24.3 Å². The van der Waals surface area contributed by atoms with E-state index in [2.05, 4.69) is 5.32 Å². The van der Waals surface area contributed by atoms with E-state index in [9.17, 15) is 9.59 Å². The molecule has 5 heteroatoms. The topological polar surface area (TPSA) is 72.2 Å². The van der Waals surface area contributed by atoms with Gasteiger partial charge in [0.25, 0.3) is 0 Å². The molecule has 0 fully saturated rings. The number of anilines is 1. The highest BCUT2D eigenvalue weighted by Gasteiger charge is 2.27. The standard InChI is InChI=1S/C14H20N2O2.ClH/c1-4-8-14(3,15)13(18)16-12-7-5-6-11(9-12)10(2)17;/h5-7,9H,4,8,15H2,1-3H3,(H,16,18);1H. The van der Waals surface area contributed by atoms with Gasteiger partial charge in [0.05, 0.1) is 5.54 Å². The molecule has 3 N–H and O–H groups in total. The molecule has 0 aliphatic carbocycles. The van der Waals surface area contributed by atoms with Crippen LogP contribution in [0, 0.1) is 0 Å². The van der Waals surface area contributed by atoms with Crippen LogP contribution in [0.25, 0.3) is 0 Å². The van der Waals surface area contributed by atoms with Crippen molar-refractivity contribution in [1.82, 2.24) is 0 Å². The minimum Gasteiger partial charge on any atom is -0.324 e. The maximum absolute atomic E-state index is 12.0. The molecule has 0 bridgehead atoms. The molecule has 0 aromatic heterocycles. The van der Waals surface area contributed by atoms with Crippen molar-refractivity contribution in [3.63, 3.8) is 0 Å². The molecule has 0 heterocycles. The highest BCUT2D eigenvalue weighted by atomic mass is 35.5. The van der Waals surface area contributed by atoms with Gasteiger partial charge in [-0.2, -0.15) is 0 Å². The number of nitrogens with one attached hydrogen (secondary N) is 1. The van der Waals surface area contributed by atoms with Gasteiger partial charge in [-0.15, -0.1) is 12.4 Å². The third-order valence-electron chi connectivity index (χ3n) is 2.82. The van der Waals surface area contributed by atoms with Crippen LogP contribution in [0.2, 0.25) is 0 Å². The SMILES string of the molecule is CCCC(C)(N)C(=O)Nc1cccc(C(C)=O)c1.Cl. The fourth-order valence-corrected chi connectivity index (χ4v) is 1.72. The summed E-state index contributed by atoms with van der Waals surface area (Å²) in [5.41, 5.74) is 6.22. The van der Waals surface area contributed by atoms with Crippen LogP contribution in [-0.2, 0) is 4.79 Å². The largest absolute Gasteiger partial charge is 0.324 e. The molecule has 1 aromatic rings. The number of halogens is 1. The Kier molecular flexibility index (Phi) is 6.73. The number of carbonyl (C=O) groups is 2. The summed E-state index contributed by atoms with van der Waals surface area (Å²) in [5, 5.41) is 2.75. The van der Waals surface area contributed by atoms with E-state index in [-0.39, 0.29) is 24.1 Å². The third-order valence-corrected chi connectivity index (χ3v) is 2.82. The Morgan fingerprint density at radius 2 is 2.00 bits per heavy atom. The van der Waals surface area contributed by atoms with E-state index in [0.29, 0.717) is 17.7 Å². The van der Waals surface area contributed by atoms with Gasteiger partial charge in [-0.1, -0.05) is 25.5 Å². The first-order valence-corrected chi connectivity index (χ1v) is 6.08. The number of Topliss-reactive ketones (excluding diaryl/α,β-unsaturated/α-hetero) is 1. The monoisotopic (exact) mass is 284 g/mol. The van der Waals surface area contributed by atoms with Gasteiger partial charge in [0.15, 0.2) is 5.78 Å². The van der Waals surface area contributed by atoms with Crippen LogP contribution in [0.3, 0.4) is 0 Å². The van der Waals surface area contributed by atoms with Crippen molar-refractivity contribution in [1.29, 1.82) is 0 Å². The van der Waals surface area contributed by atoms with Gasteiger partial charge in [-0.05, 0) is 32.4 Å². The maximum Gasteiger partial charge on any atom is 0.244 e. The number of nitrogens with two attached hydrogens (primary N) is 1. The van der Waals surface area contributed by atoms with Crippen molar-refractivity contribution in [3.8, 4) is 0 Å². The number of rotatable bonds is 5. The van der Waals surface area contributed by atoms with Gasteiger partial charge in [-0.25, -0.2) is 0 Å². The van der Waals surface area contributed by atoms with Gasteiger partial charge < -0.3 is 11.1 Å². The Morgan fingerprint density at radius 3 is 2.53 bits per heavy atom. The molecule has 0 radical (unpaired) electrons. The normalized spacial score (nSPS) is 13.1. The second kappa shape index (κ2) is 7.26. The molecule has 1 aromatic carbocycles. The first-order chi connectivity index (χ1) is 8.36. The lowest BCUT2D eigenvalue weighted by molar-refractivity contribution is -0.120. The van der Waals surface area contributed by atoms with E-state index in [4.69, 9.17) is 5.73 Å². The molecule has 4 nitrogen and oxygen atoms in total. The highest BCUT2D eigenvalue weighted by Crippen LogP contribution is 2.15. The zero-order valence-corrected chi connectivity index (χ0v) is 12.3. The Labute approximate surface area is 120 Å². The van der Waals surface area contributed by atoms with E-state index < -0.39 is 5.54 Å². The van der Waals surface area contributed by atoms with Crippen LogP contribution in [0.4, 0.5) is 5.69 Å². The summed E-state index contributed by atoms with van der Waals surface area (Å²) in [6.07, 6.45) is 1.46. The van der Waals surface area contributed by atoms with Crippen LogP contribution >= 0.6 is 12.4 Å². The summed E-state index contributed by atoms with van der Waals surface area (Å²) in [4.78, 5) is 23.2. The van der Waals surface area contributed by atoms with Crippen LogP contribution in [0.1, 0.15) is 44.0 Å². The molecule has 1 amide bonds. The summed E-state index contributed by atoms with van der Waals surface area (Å²) in [7, 11) is 0. The van der Waals surface area contributed by atoms with Crippen LogP contribution in [-0.4, -0.2) is 17.2 Å².